The van der Waals surface area contributed by atoms with E-state index in [-0.39, 0.29) is 0 Å². The standard InChI is InChI=1S/C19H19N5O2/c1-24(15-11-7-6-10-14(15)19(25)26-2)18-16(20)17(21-12-22-18)23-13-8-4-3-5-9-13/h3-12H,20H2,1-2H3,(H,21,22,23). The van der Waals surface area contributed by atoms with E-state index in [1.54, 1.807) is 30.1 Å². The molecule has 7 nitrogen and oxygen atoms in total. The molecule has 0 bridgehead atoms. The lowest BCUT2D eigenvalue weighted by molar-refractivity contribution is 0.0601. The zero-order valence-corrected chi connectivity index (χ0v) is 14.5. The topological polar surface area (TPSA) is 93.4 Å². The Morgan fingerprint density at radius 1 is 1.08 bits per heavy atom. The number of nitrogens with two attached hydrogens (primary N) is 1. The number of nitrogens with zero attached hydrogens (tertiary/aromatic N) is 3. The van der Waals surface area contributed by atoms with Gasteiger partial charge < -0.3 is 20.7 Å². The first-order valence-corrected chi connectivity index (χ1v) is 7.95. The summed E-state index contributed by atoms with van der Waals surface area (Å²) in [6, 6.07) is 16.7. The fraction of sp³-hybridized carbons (Fsp3) is 0.105. The van der Waals surface area contributed by atoms with Crippen molar-refractivity contribution in [2.45, 2.75) is 0 Å². The number of carbonyl (C=O) groups is 1. The van der Waals surface area contributed by atoms with Crippen molar-refractivity contribution in [3.05, 3.63) is 66.5 Å². The van der Waals surface area contributed by atoms with Crippen molar-refractivity contribution < 1.29 is 9.53 Å². The number of hydrogen-bond acceptors (Lipinski definition) is 7. The molecule has 3 rings (SSSR count). The molecule has 3 N–H and O–H groups in total. The third kappa shape index (κ3) is 3.41. The molecule has 0 unspecified atom stereocenters. The lowest BCUT2D eigenvalue weighted by atomic mass is 10.1. The third-order valence-electron chi connectivity index (χ3n) is 3.89. The zero-order valence-electron chi connectivity index (χ0n) is 14.5. The fourth-order valence-corrected chi connectivity index (χ4v) is 2.57. The van der Waals surface area contributed by atoms with Crippen LogP contribution < -0.4 is 16.0 Å². The Morgan fingerprint density at radius 2 is 1.77 bits per heavy atom. The van der Waals surface area contributed by atoms with Gasteiger partial charge in [-0.2, -0.15) is 0 Å². The Hall–Kier alpha value is -3.61. The molecular weight excluding hydrogens is 330 g/mol. The van der Waals surface area contributed by atoms with Gasteiger partial charge in [-0.05, 0) is 24.3 Å². The van der Waals surface area contributed by atoms with Gasteiger partial charge in [0.25, 0.3) is 0 Å². The normalized spacial score (nSPS) is 10.2. The maximum absolute atomic E-state index is 12.0. The predicted octanol–water partition coefficient (Wildman–Crippen LogP) is 3.36. The molecule has 0 fully saturated rings. The van der Waals surface area contributed by atoms with Crippen molar-refractivity contribution in [2.75, 3.05) is 30.1 Å². The van der Waals surface area contributed by atoms with E-state index in [1.807, 2.05) is 36.4 Å². The fourth-order valence-electron chi connectivity index (χ4n) is 2.57. The molecule has 0 atom stereocenters. The maximum atomic E-state index is 12.0. The molecule has 26 heavy (non-hydrogen) atoms. The van der Waals surface area contributed by atoms with Crippen LogP contribution in [0.3, 0.4) is 0 Å². The molecule has 0 radical (unpaired) electrons. The van der Waals surface area contributed by atoms with Crippen LogP contribution in [0, 0.1) is 0 Å². The first kappa shape index (κ1) is 17.2. The first-order valence-electron chi connectivity index (χ1n) is 7.95. The summed E-state index contributed by atoms with van der Waals surface area (Å²) in [6.45, 7) is 0. The number of ether oxygens (including phenoxy) is 1. The van der Waals surface area contributed by atoms with E-state index in [2.05, 4.69) is 15.3 Å². The number of carbonyl (C=O) groups excluding carboxylic acids is 1. The van der Waals surface area contributed by atoms with Gasteiger partial charge in [0, 0.05) is 12.7 Å². The summed E-state index contributed by atoms with van der Waals surface area (Å²) >= 11 is 0. The summed E-state index contributed by atoms with van der Waals surface area (Å²) < 4.78 is 4.85. The van der Waals surface area contributed by atoms with Crippen LogP contribution in [0.15, 0.2) is 60.9 Å². The van der Waals surface area contributed by atoms with Crippen molar-refractivity contribution in [3.63, 3.8) is 0 Å². The molecule has 0 saturated heterocycles. The average Bonchev–Trinajstić information content (AvgIpc) is 2.69. The first-order chi connectivity index (χ1) is 12.6. The maximum Gasteiger partial charge on any atom is 0.339 e. The SMILES string of the molecule is COC(=O)c1ccccc1N(C)c1ncnc(Nc2ccccc2)c1N. The number of methoxy groups -OCH3 is 1. The average molecular weight is 349 g/mol. The molecule has 0 saturated carbocycles. The summed E-state index contributed by atoms with van der Waals surface area (Å²) in [4.78, 5) is 22.3. The number of aromatic nitrogens is 2. The van der Waals surface area contributed by atoms with E-state index in [9.17, 15) is 4.79 Å². The Labute approximate surface area is 151 Å². The Kier molecular flexibility index (Phi) is 4.98. The highest BCUT2D eigenvalue weighted by atomic mass is 16.5. The highest BCUT2D eigenvalue weighted by molar-refractivity contribution is 5.97. The lowest BCUT2D eigenvalue weighted by Crippen LogP contribution is -2.18. The second-order valence-electron chi connectivity index (χ2n) is 5.52. The minimum atomic E-state index is -0.428. The number of benzene rings is 2. The molecule has 7 heteroatoms. The second kappa shape index (κ2) is 7.52. The van der Waals surface area contributed by atoms with Crippen LogP contribution in [0.2, 0.25) is 0 Å². The van der Waals surface area contributed by atoms with Crippen LogP contribution in [-0.4, -0.2) is 30.1 Å². The van der Waals surface area contributed by atoms with Gasteiger partial charge in [0.05, 0.1) is 18.4 Å². The van der Waals surface area contributed by atoms with Gasteiger partial charge in [0.1, 0.15) is 12.0 Å². The number of nitrogens with one attached hydrogen (secondary N) is 1. The lowest BCUT2D eigenvalue weighted by Gasteiger charge is -2.23. The molecule has 0 spiro atoms. The van der Waals surface area contributed by atoms with E-state index in [4.69, 9.17) is 10.5 Å². The number of esters is 1. The summed E-state index contributed by atoms with van der Waals surface area (Å²) in [7, 11) is 3.13. The number of anilines is 5. The van der Waals surface area contributed by atoms with Gasteiger partial charge in [0.2, 0.25) is 0 Å². The van der Waals surface area contributed by atoms with Gasteiger partial charge in [-0.25, -0.2) is 14.8 Å². The molecule has 0 amide bonds. The van der Waals surface area contributed by atoms with E-state index < -0.39 is 5.97 Å². The third-order valence-corrected chi connectivity index (χ3v) is 3.89. The van der Waals surface area contributed by atoms with Crippen molar-refractivity contribution in [2.24, 2.45) is 0 Å². The highest BCUT2D eigenvalue weighted by Crippen LogP contribution is 2.33. The number of hydrogen-bond donors (Lipinski definition) is 2. The van der Waals surface area contributed by atoms with Gasteiger partial charge in [0.15, 0.2) is 11.6 Å². The summed E-state index contributed by atoms with van der Waals surface area (Å²) in [5, 5.41) is 3.17. The molecule has 0 aliphatic heterocycles. The molecule has 0 aliphatic carbocycles. The van der Waals surface area contributed by atoms with Crippen LogP contribution in [0.5, 0.6) is 0 Å². The Bertz CT molecular complexity index is 915. The molecule has 1 aromatic heterocycles. The van der Waals surface area contributed by atoms with E-state index >= 15 is 0 Å². The number of para-hydroxylation sites is 2. The molecule has 132 valence electrons. The van der Waals surface area contributed by atoms with E-state index in [0.717, 1.165) is 5.69 Å². The van der Waals surface area contributed by atoms with Crippen LogP contribution in [0.1, 0.15) is 10.4 Å². The monoisotopic (exact) mass is 349 g/mol. The summed E-state index contributed by atoms with van der Waals surface area (Å²) in [5.41, 5.74) is 8.58. The van der Waals surface area contributed by atoms with Crippen molar-refractivity contribution in [1.82, 2.24) is 9.97 Å². The smallest absolute Gasteiger partial charge is 0.339 e. The molecule has 1 heterocycles. The largest absolute Gasteiger partial charge is 0.465 e. The zero-order chi connectivity index (χ0) is 18.5. The van der Waals surface area contributed by atoms with Crippen LogP contribution >= 0.6 is 0 Å². The van der Waals surface area contributed by atoms with Gasteiger partial charge in [-0.15, -0.1) is 0 Å². The van der Waals surface area contributed by atoms with Crippen LogP contribution in [0.4, 0.5) is 28.7 Å². The van der Waals surface area contributed by atoms with Crippen molar-refractivity contribution in [3.8, 4) is 0 Å². The minimum Gasteiger partial charge on any atom is -0.465 e. The molecule has 3 aromatic rings. The van der Waals surface area contributed by atoms with Crippen molar-refractivity contribution >= 4 is 34.7 Å². The number of rotatable bonds is 5. The second-order valence-corrected chi connectivity index (χ2v) is 5.52. The minimum absolute atomic E-state index is 0.374. The Balaban J connectivity index is 1.98. The quantitative estimate of drug-likeness (QED) is 0.682. The predicted molar refractivity (Wildman–Crippen MR) is 102 cm³/mol. The summed E-state index contributed by atoms with van der Waals surface area (Å²) in [6.07, 6.45) is 1.42. The van der Waals surface area contributed by atoms with Crippen LogP contribution in [-0.2, 0) is 4.74 Å². The summed E-state index contributed by atoms with van der Waals surface area (Å²) in [5.74, 6) is 0.543. The van der Waals surface area contributed by atoms with Crippen LogP contribution in [0.25, 0.3) is 0 Å². The highest BCUT2D eigenvalue weighted by Gasteiger charge is 2.19. The van der Waals surface area contributed by atoms with Gasteiger partial charge in [-0.3, -0.25) is 0 Å². The van der Waals surface area contributed by atoms with Gasteiger partial charge >= 0.3 is 5.97 Å². The molecule has 0 aliphatic rings. The van der Waals surface area contributed by atoms with E-state index in [0.29, 0.717) is 28.6 Å². The van der Waals surface area contributed by atoms with Crippen molar-refractivity contribution in [1.29, 1.82) is 0 Å². The Morgan fingerprint density at radius 3 is 2.50 bits per heavy atom. The van der Waals surface area contributed by atoms with E-state index in [1.165, 1.54) is 13.4 Å². The number of nitrogen functional groups attached to an aromatic ring is 1. The molecular formula is C19H19N5O2. The van der Waals surface area contributed by atoms with Gasteiger partial charge in [-0.1, -0.05) is 30.3 Å². The molecule has 2 aromatic carbocycles.